The predicted molar refractivity (Wildman–Crippen MR) is 111 cm³/mol. The smallest absolute Gasteiger partial charge is 0.225 e. The maximum atomic E-state index is 4.94. The van der Waals surface area contributed by atoms with Gasteiger partial charge in [-0.25, -0.2) is 15.0 Å². The van der Waals surface area contributed by atoms with E-state index in [0.29, 0.717) is 0 Å². The Kier molecular flexibility index (Phi) is 4.94. The SMILES string of the molecule is CN(Cc1ccccc1)c1ncc2c(n1)CC(C)(C)C[C@H]2Nc1cnccn1. The van der Waals surface area contributed by atoms with E-state index in [9.17, 15) is 0 Å². The number of benzene rings is 1. The molecule has 1 aromatic carbocycles. The van der Waals surface area contributed by atoms with E-state index in [4.69, 9.17) is 4.98 Å². The third-order valence-corrected chi connectivity index (χ3v) is 5.15. The van der Waals surface area contributed by atoms with Gasteiger partial charge in [0.1, 0.15) is 5.82 Å². The molecule has 4 rings (SSSR count). The van der Waals surface area contributed by atoms with E-state index >= 15 is 0 Å². The van der Waals surface area contributed by atoms with Crippen LogP contribution >= 0.6 is 0 Å². The van der Waals surface area contributed by atoms with Crippen LogP contribution in [0.2, 0.25) is 0 Å². The average Bonchev–Trinajstić information content (AvgIpc) is 2.68. The van der Waals surface area contributed by atoms with Gasteiger partial charge < -0.3 is 10.2 Å². The largest absolute Gasteiger partial charge is 0.362 e. The summed E-state index contributed by atoms with van der Waals surface area (Å²) in [6, 6.07) is 10.5. The minimum Gasteiger partial charge on any atom is -0.362 e. The Morgan fingerprint density at radius 3 is 2.68 bits per heavy atom. The van der Waals surface area contributed by atoms with Crippen molar-refractivity contribution in [1.29, 1.82) is 0 Å². The van der Waals surface area contributed by atoms with E-state index in [1.54, 1.807) is 18.6 Å². The Morgan fingerprint density at radius 1 is 1.11 bits per heavy atom. The summed E-state index contributed by atoms with van der Waals surface area (Å²) in [4.78, 5) is 20.2. The summed E-state index contributed by atoms with van der Waals surface area (Å²) in [5.74, 6) is 1.54. The van der Waals surface area contributed by atoms with Crippen LogP contribution < -0.4 is 10.2 Å². The lowest BCUT2D eigenvalue weighted by molar-refractivity contribution is 0.286. The Balaban J connectivity index is 1.59. The fourth-order valence-corrected chi connectivity index (χ4v) is 3.83. The number of nitrogens with zero attached hydrogens (tertiary/aromatic N) is 5. The van der Waals surface area contributed by atoms with Gasteiger partial charge in [0.2, 0.25) is 5.95 Å². The Labute approximate surface area is 166 Å². The minimum absolute atomic E-state index is 0.129. The number of anilines is 2. The molecule has 6 heteroatoms. The maximum Gasteiger partial charge on any atom is 0.225 e. The monoisotopic (exact) mass is 374 g/mol. The minimum atomic E-state index is 0.129. The molecule has 0 spiro atoms. The first-order valence-electron chi connectivity index (χ1n) is 9.64. The first-order valence-corrected chi connectivity index (χ1v) is 9.64. The van der Waals surface area contributed by atoms with Gasteiger partial charge in [-0.1, -0.05) is 44.2 Å². The Morgan fingerprint density at radius 2 is 1.93 bits per heavy atom. The summed E-state index contributed by atoms with van der Waals surface area (Å²) < 4.78 is 0. The molecule has 0 saturated carbocycles. The topological polar surface area (TPSA) is 66.8 Å². The van der Waals surface area contributed by atoms with E-state index in [0.717, 1.165) is 42.4 Å². The highest BCUT2D eigenvalue weighted by Crippen LogP contribution is 2.41. The van der Waals surface area contributed by atoms with E-state index < -0.39 is 0 Å². The van der Waals surface area contributed by atoms with Gasteiger partial charge in [0.05, 0.1) is 17.9 Å². The van der Waals surface area contributed by atoms with Gasteiger partial charge in [-0.15, -0.1) is 0 Å². The van der Waals surface area contributed by atoms with Crippen molar-refractivity contribution in [3.8, 4) is 0 Å². The van der Waals surface area contributed by atoms with Crippen LogP contribution in [0.3, 0.4) is 0 Å². The first kappa shape index (κ1) is 18.3. The highest BCUT2D eigenvalue weighted by Gasteiger charge is 2.34. The van der Waals surface area contributed by atoms with Gasteiger partial charge in [-0.2, -0.15) is 0 Å². The first-order chi connectivity index (χ1) is 13.5. The molecule has 0 radical (unpaired) electrons. The zero-order chi connectivity index (χ0) is 19.6. The zero-order valence-corrected chi connectivity index (χ0v) is 16.6. The molecule has 1 atom stereocenters. The van der Waals surface area contributed by atoms with Gasteiger partial charge in [0.25, 0.3) is 0 Å². The van der Waals surface area contributed by atoms with Crippen molar-refractivity contribution in [3.05, 3.63) is 71.9 Å². The molecule has 1 aliphatic rings. The molecule has 2 heterocycles. The molecule has 0 bridgehead atoms. The quantitative estimate of drug-likeness (QED) is 0.727. The Bertz CT molecular complexity index is 926. The number of nitrogens with one attached hydrogen (secondary N) is 1. The summed E-state index contributed by atoms with van der Waals surface area (Å²) in [7, 11) is 2.04. The second-order valence-corrected chi connectivity index (χ2v) is 8.25. The second kappa shape index (κ2) is 7.54. The van der Waals surface area contributed by atoms with E-state index in [2.05, 4.69) is 63.3 Å². The maximum absolute atomic E-state index is 4.94. The van der Waals surface area contributed by atoms with Crippen molar-refractivity contribution in [2.45, 2.75) is 39.3 Å². The van der Waals surface area contributed by atoms with Crippen molar-refractivity contribution < 1.29 is 0 Å². The number of hydrogen-bond acceptors (Lipinski definition) is 6. The number of rotatable bonds is 5. The molecule has 28 heavy (non-hydrogen) atoms. The summed E-state index contributed by atoms with van der Waals surface area (Å²) in [5, 5.41) is 3.51. The highest BCUT2D eigenvalue weighted by molar-refractivity contribution is 5.41. The van der Waals surface area contributed by atoms with Crippen molar-refractivity contribution in [2.24, 2.45) is 5.41 Å². The molecule has 0 fully saturated rings. The molecule has 1 aliphatic carbocycles. The number of aromatic nitrogens is 4. The normalized spacial score (nSPS) is 17.6. The predicted octanol–water partition coefficient (Wildman–Crippen LogP) is 4.03. The molecular formula is C22H26N6. The van der Waals surface area contributed by atoms with Crippen LogP contribution in [0.4, 0.5) is 11.8 Å². The third-order valence-electron chi connectivity index (χ3n) is 5.15. The van der Waals surface area contributed by atoms with Gasteiger partial charge in [0.15, 0.2) is 0 Å². The van der Waals surface area contributed by atoms with Crippen LogP contribution in [-0.4, -0.2) is 27.0 Å². The Hall–Kier alpha value is -3.02. The van der Waals surface area contributed by atoms with Crippen LogP contribution in [0.15, 0.2) is 55.1 Å². The molecule has 0 amide bonds. The summed E-state index contributed by atoms with van der Waals surface area (Å²) in [5.41, 5.74) is 3.66. The van der Waals surface area contributed by atoms with Crippen LogP contribution in [0.25, 0.3) is 0 Å². The standard InChI is InChI=1S/C22H26N6/c1-22(2)11-18(26-20-14-23-9-10-24-20)17-13-25-21(27-19(17)12-22)28(3)15-16-7-5-4-6-8-16/h4-10,13-14,18H,11-12,15H2,1-3H3,(H,24,26)/t18-/m1/s1. The van der Waals surface area contributed by atoms with Gasteiger partial charge in [0, 0.05) is 37.7 Å². The summed E-state index contributed by atoms with van der Waals surface area (Å²) in [6.45, 7) is 5.36. The van der Waals surface area contributed by atoms with Crippen LogP contribution in [0, 0.1) is 5.41 Å². The second-order valence-electron chi connectivity index (χ2n) is 8.25. The summed E-state index contributed by atoms with van der Waals surface area (Å²) in [6.07, 6.45) is 9.05. The van der Waals surface area contributed by atoms with Crippen molar-refractivity contribution in [2.75, 3.05) is 17.3 Å². The van der Waals surface area contributed by atoms with Gasteiger partial charge in [-0.05, 0) is 23.8 Å². The highest BCUT2D eigenvalue weighted by atomic mass is 15.2. The molecule has 0 saturated heterocycles. The van der Waals surface area contributed by atoms with E-state index in [1.807, 2.05) is 19.3 Å². The molecule has 0 unspecified atom stereocenters. The lowest BCUT2D eigenvalue weighted by Crippen LogP contribution is -2.31. The van der Waals surface area contributed by atoms with Crippen molar-refractivity contribution >= 4 is 11.8 Å². The number of fused-ring (bicyclic) bond motifs is 1. The van der Waals surface area contributed by atoms with E-state index in [-0.39, 0.29) is 11.5 Å². The molecule has 6 nitrogen and oxygen atoms in total. The van der Waals surface area contributed by atoms with Gasteiger partial charge >= 0.3 is 0 Å². The average molecular weight is 374 g/mol. The number of hydrogen-bond donors (Lipinski definition) is 1. The molecule has 144 valence electrons. The summed E-state index contributed by atoms with van der Waals surface area (Å²) >= 11 is 0. The van der Waals surface area contributed by atoms with Crippen molar-refractivity contribution in [3.63, 3.8) is 0 Å². The van der Waals surface area contributed by atoms with Crippen LogP contribution in [0.5, 0.6) is 0 Å². The lowest BCUT2D eigenvalue weighted by Gasteiger charge is -2.37. The molecule has 0 aliphatic heterocycles. The van der Waals surface area contributed by atoms with Crippen LogP contribution in [0.1, 0.15) is 43.1 Å². The lowest BCUT2D eigenvalue weighted by atomic mass is 9.74. The van der Waals surface area contributed by atoms with Gasteiger partial charge in [-0.3, -0.25) is 4.98 Å². The molecule has 3 aromatic rings. The fraction of sp³-hybridized carbons (Fsp3) is 0.364. The third kappa shape index (κ3) is 4.11. The molecule has 1 N–H and O–H groups in total. The van der Waals surface area contributed by atoms with Crippen LogP contribution in [-0.2, 0) is 13.0 Å². The molecular weight excluding hydrogens is 348 g/mol. The van der Waals surface area contributed by atoms with E-state index in [1.165, 1.54) is 5.56 Å². The fourth-order valence-electron chi connectivity index (χ4n) is 3.83. The van der Waals surface area contributed by atoms with Crippen molar-refractivity contribution in [1.82, 2.24) is 19.9 Å². The molecule has 2 aromatic heterocycles. The zero-order valence-electron chi connectivity index (χ0n) is 16.6.